The summed E-state index contributed by atoms with van der Waals surface area (Å²) >= 11 is 0. The van der Waals surface area contributed by atoms with Crippen molar-refractivity contribution in [3.8, 4) is 0 Å². The van der Waals surface area contributed by atoms with Crippen molar-refractivity contribution in [2.45, 2.75) is 6.10 Å². The molecule has 0 spiro atoms. The van der Waals surface area contributed by atoms with Crippen molar-refractivity contribution in [3.05, 3.63) is 0 Å². The highest BCUT2D eigenvalue weighted by molar-refractivity contribution is 4.71. The Kier molecular flexibility index (Phi) is 6.05. The molecule has 84 valence electrons. The third-order valence-electron chi connectivity index (χ3n) is 2.27. The Hall–Kier alpha value is -0.200. The van der Waals surface area contributed by atoms with E-state index in [9.17, 15) is 0 Å². The van der Waals surface area contributed by atoms with Gasteiger partial charge in [-0.15, -0.1) is 0 Å². The molecule has 1 aliphatic rings. The molecule has 1 rings (SSSR count). The summed E-state index contributed by atoms with van der Waals surface area (Å²) in [6, 6.07) is 0. The van der Waals surface area contributed by atoms with Crippen molar-refractivity contribution in [2.24, 2.45) is 5.73 Å². The monoisotopic (exact) mass is 204 g/mol. The number of morpholine rings is 1. The molecule has 1 aliphatic heterocycles. The van der Waals surface area contributed by atoms with E-state index in [1.54, 1.807) is 0 Å². The van der Waals surface area contributed by atoms with E-state index in [1.165, 1.54) is 0 Å². The number of hydrogen-bond donors (Lipinski definition) is 2. The molecule has 14 heavy (non-hydrogen) atoms. The van der Waals surface area contributed by atoms with Gasteiger partial charge in [0.2, 0.25) is 0 Å². The van der Waals surface area contributed by atoms with Gasteiger partial charge in [0, 0.05) is 26.2 Å². The zero-order valence-electron chi connectivity index (χ0n) is 8.52. The standard InChI is InChI=1S/C9H20N2O3/c10-7-9-8-11(2-5-14-9)1-4-13-6-3-12/h9,12H,1-8,10H2. The van der Waals surface area contributed by atoms with E-state index in [2.05, 4.69) is 4.90 Å². The lowest BCUT2D eigenvalue weighted by Gasteiger charge is -2.32. The number of ether oxygens (including phenoxy) is 2. The molecule has 1 unspecified atom stereocenters. The lowest BCUT2D eigenvalue weighted by Crippen LogP contribution is -2.46. The van der Waals surface area contributed by atoms with E-state index in [1.807, 2.05) is 0 Å². The Morgan fingerprint density at radius 3 is 3.07 bits per heavy atom. The molecule has 0 radical (unpaired) electrons. The fourth-order valence-electron chi connectivity index (χ4n) is 1.49. The van der Waals surface area contributed by atoms with Crippen LogP contribution in [0.5, 0.6) is 0 Å². The molecule has 1 fully saturated rings. The molecule has 0 amide bonds. The van der Waals surface area contributed by atoms with Crippen LogP contribution in [0, 0.1) is 0 Å². The fourth-order valence-corrected chi connectivity index (χ4v) is 1.49. The van der Waals surface area contributed by atoms with Crippen LogP contribution in [0.3, 0.4) is 0 Å². The van der Waals surface area contributed by atoms with Crippen LogP contribution in [0.4, 0.5) is 0 Å². The number of rotatable bonds is 6. The first kappa shape index (κ1) is 11.9. The normalized spacial score (nSPS) is 24.0. The maximum Gasteiger partial charge on any atom is 0.0824 e. The van der Waals surface area contributed by atoms with Gasteiger partial charge in [-0.05, 0) is 0 Å². The summed E-state index contributed by atoms with van der Waals surface area (Å²) in [5.74, 6) is 0. The molecular formula is C9H20N2O3. The van der Waals surface area contributed by atoms with Crippen molar-refractivity contribution in [1.82, 2.24) is 4.90 Å². The Morgan fingerprint density at radius 1 is 1.50 bits per heavy atom. The van der Waals surface area contributed by atoms with Crippen LogP contribution in [-0.2, 0) is 9.47 Å². The molecule has 5 heteroatoms. The first-order chi connectivity index (χ1) is 6.86. The van der Waals surface area contributed by atoms with Crippen LogP contribution >= 0.6 is 0 Å². The minimum atomic E-state index is 0.0918. The van der Waals surface area contributed by atoms with Crippen molar-refractivity contribution in [3.63, 3.8) is 0 Å². The van der Waals surface area contributed by atoms with Crippen molar-refractivity contribution >= 4 is 0 Å². The molecule has 0 saturated carbocycles. The molecule has 0 aliphatic carbocycles. The molecule has 1 saturated heterocycles. The number of aliphatic hydroxyl groups excluding tert-OH is 1. The Bertz CT molecular complexity index is 146. The first-order valence-electron chi connectivity index (χ1n) is 5.09. The second-order valence-electron chi connectivity index (χ2n) is 3.37. The van der Waals surface area contributed by atoms with Crippen LogP contribution in [0.2, 0.25) is 0 Å². The van der Waals surface area contributed by atoms with E-state index in [0.717, 1.165) is 26.2 Å². The van der Waals surface area contributed by atoms with Crippen molar-refractivity contribution < 1.29 is 14.6 Å². The molecule has 1 heterocycles. The molecule has 5 nitrogen and oxygen atoms in total. The largest absolute Gasteiger partial charge is 0.394 e. The number of nitrogens with two attached hydrogens (primary N) is 1. The van der Waals surface area contributed by atoms with E-state index in [-0.39, 0.29) is 12.7 Å². The van der Waals surface area contributed by atoms with Gasteiger partial charge in [-0.25, -0.2) is 0 Å². The Balaban J connectivity index is 2.05. The smallest absolute Gasteiger partial charge is 0.0824 e. The quantitative estimate of drug-likeness (QED) is 0.524. The van der Waals surface area contributed by atoms with E-state index >= 15 is 0 Å². The molecule has 1 atom stereocenters. The van der Waals surface area contributed by atoms with E-state index < -0.39 is 0 Å². The lowest BCUT2D eigenvalue weighted by molar-refractivity contribution is -0.0326. The Labute approximate surface area is 84.8 Å². The minimum absolute atomic E-state index is 0.0918. The highest BCUT2D eigenvalue weighted by atomic mass is 16.5. The predicted octanol–water partition coefficient (Wildman–Crippen LogP) is -1.35. The Morgan fingerprint density at radius 2 is 2.36 bits per heavy atom. The third-order valence-corrected chi connectivity index (χ3v) is 2.27. The summed E-state index contributed by atoms with van der Waals surface area (Å²) in [6.07, 6.45) is 0.168. The van der Waals surface area contributed by atoms with Gasteiger partial charge < -0.3 is 20.3 Å². The summed E-state index contributed by atoms with van der Waals surface area (Å²) in [5.41, 5.74) is 5.53. The molecule has 0 bridgehead atoms. The van der Waals surface area contributed by atoms with Crippen LogP contribution < -0.4 is 5.73 Å². The van der Waals surface area contributed by atoms with E-state index in [4.69, 9.17) is 20.3 Å². The second-order valence-corrected chi connectivity index (χ2v) is 3.37. The SMILES string of the molecule is NCC1CN(CCOCCO)CCO1. The van der Waals surface area contributed by atoms with Crippen LogP contribution in [0.25, 0.3) is 0 Å². The molecule has 0 aromatic carbocycles. The van der Waals surface area contributed by atoms with Gasteiger partial charge in [-0.3, -0.25) is 4.90 Å². The molecule has 0 aromatic heterocycles. The minimum Gasteiger partial charge on any atom is -0.394 e. The number of hydrogen-bond acceptors (Lipinski definition) is 5. The van der Waals surface area contributed by atoms with Gasteiger partial charge in [0.05, 0.1) is 32.5 Å². The van der Waals surface area contributed by atoms with Crippen LogP contribution in [-0.4, -0.2) is 68.7 Å². The highest BCUT2D eigenvalue weighted by Gasteiger charge is 2.18. The second kappa shape index (κ2) is 7.14. The van der Waals surface area contributed by atoms with Gasteiger partial charge in [0.25, 0.3) is 0 Å². The zero-order valence-corrected chi connectivity index (χ0v) is 8.52. The summed E-state index contributed by atoms with van der Waals surface area (Å²) in [6.45, 7) is 5.23. The van der Waals surface area contributed by atoms with Gasteiger partial charge in [0.1, 0.15) is 0 Å². The van der Waals surface area contributed by atoms with E-state index in [0.29, 0.717) is 19.8 Å². The van der Waals surface area contributed by atoms with Gasteiger partial charge >= 0.3 is 0 Å². The average molecular weight is 204 g/mol. The van der Waals surface area contributed by atoms with Gasteiger partial charge in [0.15, 0.2) is 0 Å². The topological polar surface area (TPSA) is 68.0 Å². The summed E-state index contributed by atoms with van der Waals surface area (Å²) in [7, 11) is 0. The van der Waals surface area contributed by atoms with Gasteiger partial charge in [-0.2, -0.15) is 0 Å². The number of aliphatic hydroxyl groups is 1. The third kappa shape index (κ3) is 4.34. The van der Waals surface area contributed by atoms with Crippen molar-refractivity contribution in [2.75, 3.05) is 52.6 Å². The average Bonchev–Trinajstić information content (AvgIpc) is 2.25. The highest BCUT2D eigenvalue weighted by Crippen LogP contribution is 2.03. The summed E-state index contributed by atoms with van der Waals surface area (Å²) < 4.78 is 10.6. The van der Waals surface area contributed by atoms with Crippen molar-refractivity contribution in [1.29, 1.82) is 0 Å². The predicted molar refractivity (Wildman–Crippen MR) is 53.1 cm³/mol. The summed E-state index contributed by atoms with van der Waals surface area (Å²) in [5, 5.41) is 8.51. The first-order valence-corrected chi connectivity index (χ1v) is 5.09. The lowest BCUT2D eigenvalue weighted by atomic mass is 10.3. The maximum atomic E-state index is 8.51. The fraction of sp³-hybridized carbons (Fsp3) is 1.00. The summed E-state index contributed by atoms with van der Waals surface area (Å²) in [4.78, 5) is 2.28. The molecule has 3 N–H and O–H groups in total. The zero-order chi connectivity index (χ0) is 10.2. The number of nitrogens with zero attached hydrogens (tertiary/aromatic N) is 1. The van der Waals surface area contributed by atoms with Gasteiger partial charge in [-0.1, -0.05) is 0 Å². The molecular weight excluding hydrogens is 184 g/mol. The van der Waals surface area contributed by atoms with Crippen LogP contribution in [0.15, 0.2) is 0 Å². The maximum absolute atomic E-state index is 8.51. The van der Waals surface area contributed by atoms with Crippen LogP contribution in [0.1, 0.15) is 0 Å². The molecule has 0 aromatic rings.